The molecule has 0 fully saturated rings. The first-order valence-electron chi connectivity index (χ1n) is 7.43. The lowest BCUT2D eigenvalue weighted by molar-refractivity contribution is -0.385. The molecule has 2 aromatic rings. The molecule has 0 atom stereocenters. The van der Waals surface area contributed by atoms with E-state index in [9.17, 15) is 19.7 Å². The number of fused-ring (bicyclic) bond motifs is 3. The first kappa shape index (κ1) is 16.1. The summed E-state index contributed by atoms with van der Waals surface area (Å²) in [5.74, 6) is 0.0635. The van der Waals surface area contributed by atoms with Gasteiger partial charge < -0.3 is 9.15 Å². The zero-order valence-corrected chi connectivity index (χ0v) is 13.3. The van der Waals surface area contributed by atoms with Gasteiger partial charge >= 0.3 is 11.3 Å². The normalized spacial score (nSPS) is 14.4. The lowest BCUT2D eigenvalue weighted by atomic mass is 9.97. The molecule has 0 aliphatic carbocycles. The summed E-state index contributed by atoms with van der Waals surface area (Å²) in [5.41, 5.74) is 0.802. The molecule has 0 bridgehead atoms. The molecule has 24 heavy (non-hydrogen) atoms. The van der Waals surface area contributed by atoms with E-state index < -0.39 is 10.5 Å². The van der Waals surface area contributed by atoms with Crippen molar-refractivity contribution in [3.63, 3.8) is 0 Å². The molecule has 1 aromatic heterocycles. The van der Waals surface area contributed by atoms with Gasteiger partial charge in [0, 0.05) is 30.6 Å². The maximum absolute atomic E-state index is 12.3. The van der Waals surface area contributed by atoms with Gasteiger partial charge in [-0.25, -0.2) is 4.79 Å². The summed E-state index contributed by atoms with van der Waals surface area (Å²) in [5, 5.41) is 11.8. The second-order valence-electron chi connectivity index (χ2n) is 5.79. The molecule has 2 heterocycles. The van der Waals surface area contributed by atoms with Crippen molar-refractivity contribution in [2.45, 2.75) is 19.9 Å². The number of ketones is 1. The zero-order valence-electron chi connectivity index (χ0n) is 13.3. The van der Waals surface area contributed by atoms with Gasteiger partial charge in [0.1, 0.15) is 11.4 Å². The summed E-state index contributed by atoms with van der Waals surface area (Å²) in [4.78, 5) is 36.1. The largest absolute Gasteiger partial charge is 0.490 e. The fourth-order valence-corrected chi connectivity index (χ4v) is 3.09. The summed E-state index contributed by atoms with van der Waals surface area (Å²) in [6, 6.07) is 2.76. The van der Waals surface area contributed by atoms with Crippen LogP contribution in [0.3, 0.4) is 0 Å². The van der Waals surface area contributed by atoms with E-state index in [-0.39, 0.29) is 29.3 Å². The molecule has 126 valence electrons. The number of Topliss-reactive ketones (excluding diaryl/α,β-unsaturated/α-hetero) is 1. The molecule has 0 unspecified atom stereocenters. The fourth-order valence-electron chi connectivity index (χ4n) is 3.09. The van der Waals surface area contributed by atoms with E-state index in [1.807, 2.05) is 4.90 Å². The summed E-state index contributed by atoms with van der Waals surface area (Å²) in [6.07, 6.45) is 0.522. The van der Waals surface area contributed by atoms with Crippen molar-refractivity contribution in [3.05, 3.63) is 43.8 Å². The maximum Gasteiger partial charge on any atom is 0.341 e. The summed E-state index contributed by atoms with van der Waals surface area (Å²) >= 11 is 0. The number of nitro benzene ring substituents is 1. The second kappa shape index (κ2) is 6.04. The maximum atomic E-state index is 12.3. The Balaban J connectivity index is 2.17. The van der Waals surface area contributed by atoms with Crippen LogP contribution >= 0.6 is 0 Å². The minimum Gasteiger partial charge on any atom is -0.490 e. The Kier molecular flexibility index (Phi) is 4.06. The van der Waals surface area contributed by atoms with Gasteiger partial charge in [-0.3, -0.25) is 19.8 Å². The van der Waals surface area contributed by atoms with Crippen LogP contribution in [-0.4, -0.2) is 35.8 Å². The SMILES string of the molecule is COc1cc2oc(=O)c3c(c2cc1[N+](=O)[O-])CCN(CC(C)=O)C3. The van der Waals surface area contributed by atoms with Crippen molar-refractivity contribution in [1.82, 2.24) is 4.90 Å². The Morgan fingerprint density at radius 2 is 2.17 bits per heavy atom. The van der Waals surface area contributed by atoms with Gasteiger partial charge in [-0.1, -0.05) is 0 Å². The molecular weight excluding hydrogens is 316 g/mol. The van der Waals surface area contributed by atoms with E-state index in [0.717, 1.165) is 5.56 Å². The van der Waals surface area contributed by atoms with Gasteiger partial charge in [-0.2, -0.15) is 0 Å². The second-order valence-corrected chi connectivity index (χ2v) is 5.79. The number of carbonyl (C=O) groups is 1. The predicted octanol–water partition coefficient (Wildman–Crippen LogP) is 1.66. The average molecular weight is 332 g/mol. The third kappa shape index (κ3) is 2.76. The van der Waals surface area contributed by atoms with Crippen molar-refractivity contribution < 1.29 is 18.9 Å². The van der Waals surface area contributed by atoms with Gasteiger partial charge in [-0.05, 0) is 18.9 Å². The number of hydrogen-bond acceptors (Lipinski definition) is 7. The average Bonchev–Trinajstić information content (AvgIpc) is 2.53. The highest BCUT2D eigenvalue weighted by Gasteiger charge is 2.26. The van der Waals surface area contributed by atoms with E-state index in [2.05, 4.69) is 0 Å². The third-order valence-corrected chi connectivity index (χ3v) is 4.12. The van der Waals surface area contributed by atoms with Gasteiger partial charge in [0.15, 0.2) is 0 Å². The summed E-state index contributed by atoms with van der Waals surface area (Å²) < 4.78 is 10.3. The van der Waals surface area contributed by atoms with Crippen LogP contribution in [-0.2, 0) is 17.8 Å². The number of nitro groups is 1. The Bertz CT molecular complexity index is 902. The molecule has 0 spiro atoms. The number of hydrogen-bond donors (Lipinski definition) is 0. The van der Waals surface area contributed by atoms with Gasteiger partial charge in [0.25, 0.3) is 0 Å². The smallest absolute Gasteiger partial charge is 0.341 e. The molecule has 3 rings (SSSR count). The third-order valence-electron chi connectivity index (χ3n) is 4.12. The molecule has 0 saturated carbocycles. The summed E-state index contributed by atoms with van der Waals surface area (Å²) in [7, 11) is 1.32. The van der Waals surface area contributed by atoms with Crippen LogP contribution in [0.2, 0.25) is 0 Å². The molecule has 0 N–H and O–H groups in total. The minimum atomic E-state index is -0.527. The topological polar surface area (TPSA) is 103 Å². The molecule has 0 amide bonds. The van der Waals surface area contributed by atoms with Crippen molar-refractivity contribution in [3.8, 4) is 5.75 Å². The quantitative estimate of drug-likeness (QED) is 0.476. The van der Waals surface area contributed by atoms with Crippen LogP contribution in [0.1, 0.15) is 18.1 Å². The lowest BCUT2D eigenvalue weighted by Crippen LogP contribution is -2.36. The molecule has 0 saturated heterocycles. The Morgan fingerprint density at radius 1 is 1.42 bits per heavy atom. The van der Waals surface area contributed by atoms with Gasteiger partial charge in [0.05, 0.1) is 24.1 Å². The predicted molar refractivity (Wildman–Crippen MR) is 85.4 cm³/mol. The molecule has 1 aromatic carbocycles. The Labute approximate surface area is 136 Å². The van der Waals surface area contributed by atoms with Crippen LogP contribution in [0.25, 0.3) is 11.0 Å². The fraction of sp³-hybridized carbons (Fsp3) is 0.375. The van der Waals surface area contributed by atoms with E-state index in [4.69, 9.17) is 9.15 Å². The number of nitrogens with zero attached hydrogens (tertiary/aromatic N) is 2. The van der Waals surface area contributed by atoms with Crippen molar-refractivity contribution in [2.75, 3.05) is 20.2 Å². The highest BCUT2D eigenvalue weighted by Crippen LogP contribution is 2.34. The number of benzene rings is 1. The Morgan fingerprint density at radius 3 is 2.79 bits per heavy atom. The van der Waals surface area contributed by atoms with E-state index >= 15 is 0 Å². The molecule has 1 aliphatic rings. The number of carbonyl (C=O) groups excluding carboxylic acids is 1. The van der Waals surface area contributed by atoms with E-state index in [0.29, 0.717) is 30.5 Å². The van der Waals surface area contributed by atoms with Crippen LogP contribution in [0.15, 0.2) is 21.3 Å². The van der Waals surface area contributed by atoms with Crippen molar-refractivity contribution in [1.29, 1.82) is 0 Å². The Hall–Kier alpha value is -2.74. The van der Waals surface area contributed by atoms with Crippen molar-refractivity contribution >= 4 is 22.4 Å². The first-order valence-corrected chi connectivity index (χ1v) is 7.43. The van der Waals surface area contributed by atoms with Crippen LogP contribution in [0.4, 0.5) is 5.69 Å². The van der Waals surface area contributed by atoms with Crippen LogP contribution in [0.5, 0.6) is 5.75 Å². The number of rotatable bonds is 4. The van der Waals surface area contributed by atoms with E-state index in [1.165, 1.54) is 26.2 Å². The van der Waals surface area contributed by atoms with E-state index in [1.54, 1.807) is 0 Å². The highest BCUT2D eigenvalue weighted by molar-refractivity contribution is 5.86. The molecule has 8 nitrogen and oxygen atoms in total. The van der Waals surface area contributed by atoms with Gasteiger partial charge in [0.2, 0.25) is 5.75 Å². The summed E-state index contributed by atoms with van der Waals surface area (Å²) in [6.45, 7) is 2.66. The minimum absolute atomic E-state index is 0.0176. The molecule has 1 aliphatic heterocycles. The standard InChI is InChI=1S/C16H16N2O6/c1-9(19)7-17-4-3-10-11-5-13(18(21)22)15(23-2)6-14(11)24-16(20)12(10)8-17/h5-6H,3-4,7-8H2,1-2H3. The van der Waals surface area contributed by atoms with Gasteiger partial charge in [-0.15, -0.1) is 0 Å². The first-order chi connectivity index (χ1) is 11.4. The number of methoxy groups -OCH3 is 1. The molecular formula is C16H16N2O6. The number of ether oxygens (including phenoxy) is 1. The highest BCUT2D eigenvalue weighted by atomic mass is 16.6. The zero-order chi connectivity index (χ0) is 17.4. The van der Waals surface area contributed by atoms with Crippen LogP contribution < -0.4 is 10.4 Å². The monoisotopic (exact) mass is 332 g/mol. The molecule has 8 heteroatoms. The van der Waals surface area contributed by atoms with Crippen LogP contribution in [0, 0.1) is 10.1 Å². The van der Waals surface area contributed by atoms with Crippen molar-refractivity contribution in [2.24, 2.45) is 0 Å². The lowest BCUT2D eigenvalue weighted by Gasteiger charge is -2.27. The molecule has 0 radical (unpaired) electrons.